The number of aromatic nitrogens is 3. The first-order valence-corrected chi connectivity index (χ1v) is 3.66. The highest BCUT2D eigenvalue weighted by Crippen LogP contribution is 2.05. The Balaban J connectivity index is 2.69. The maximum absolute atomic E-state index is 10.7. The minimum atomic E-state index is -0.668. The minimum Gasteiger partial charge on any atom is -0.363 e. The van der Waals surface area contributed by atoms with E-state index < -0.39 is 5.91 Å². The van der Waals surface area contributed by atoms with Crippen molar-refractivity contribution in [1.82, 2.24) is 15.2 Å². The molecule has 2 N–H and O–H groups in total. The molecule has 0 aliphatic rings. The molecule has 0 saturated heterocycles. The van der Waals surface area contributed by atoms with Gasteiger partial charge in [0.2, 0.25) is 5.82 Å². The van der Waals surface area contributed by atoms with Gasteiger partial charge in [-0.3, -0.25) is 4.79 Å². The number of nitrogens with zero attached hydrogens (tertiary/aromatic N) is 3. The molecule has 1 aromatic carbocycles. The summed E-state index contributed by atoms with van der Waals surface area (Å²) in [5.74, 6) is -0.725. The fraction of sp³-hybridized carbons (Fsp3) is 0. The molecule has 0 aliphatic heterocycles. The van der Waals surface area contributed by atoms with Crippen molar-refractivity contribution in [3.63, 3.8) is 0 Å². The number of benzene rings is 1. The maximum atomic E-state index is 10.7. The van der Waals surface area contributed by atoms with Crippen LogP contribution in [-0.2, 0) is 0 Å². The zero-order valence-corrected chi connectivity index (χ0v) is 6.64. The Labute approximate surface area is 73.6 Å². The zero-order chi connectivity index (χ0) is 9.26. The predicted molar refractivity (Wildman–Crippen MR) is 45.9 cm³/mol. The van der Waals surface area contributed by atoms with Gasteiger partial charge >= 0.3 is 0 Å². The van der Waals surface area contributed by atoms with E-state index in [2.05, 4.69) is 15.2 Å². The molecule has 0 unspecified atom stereocenters. The highest BCUT2D eigenvalue weighted by Gasteiger charge is 2.05. The van der Waals surface area contributed by atoms with E-state index in [0.717, 1.165) is 0 Å². The molecule has 0 radical (unpaired) electrons. The summed E-state index contributed by atoms with van der Waals surface area (Å²) < 4.78 is 0. The standard InChI is InChI=1S/C8H6N4O/c9-7(13)8-10-5-3-1-2-4-6(5)11-12-8/h1-4H,(H2,9,13). The Bertz CT molecular complexity index is 468. The molecular weight excluding hydrogens is 168 g/mol. The number of primary amides is 1. The van der Waals surface area contributed by atoms with E-state index in [1.165, 1.54) is 0 Å². The van der Waals surface area contributed by atoms with Crippen LogP contribution < -0.4 is 5.73 Å². The van der Waals surface area contributed by atoms with E-state index in [9.17, 15) is 4.79 Å². The van der Waals surface area contributed by atoms with Crippen molar-refractivity contribution in [3.8, 4) is 0 Å². The summed E-state index contributed by atoms with van der Waals surface area (Å²) in [6.45, 7) is 0. The second-order valence-corrected chi connectivity index (χ2v) is 2.49. The third-order valence-corrected chi connectivity index (χ3v) is 1.58. The van der Waals surface area contributed by atoms with Crippen LogP contribution >= 0.6 is 0 Å². The van der Waals surface area contributed by atoms with Gasteiger partial charge < -0.3 is 5.73 Å². The molecule has 1 heterocycles. The van der Waals surface area contributed by atoms with Gasteiger partial charge in [0.25, 0.3) is 5.91 Å². The lowest BCUT2D eigenvalue weighted by Crippen LogP contribution is -2.15. The highest BCUT2D eigenvalue weighted by molar-refractivity contribution is 5.90. The Morgan fingerprint density at radius 3 is 2.54 bits per heavy atom. The van der Waals surface area contributed by atoms with Crippen molar-refractivity contribution in [2.24, 2.45) is 5.73 Å². The maximum Gasteiger partial charge on any atom is 0.288 e. The first kappa shape index (κ1) is 7.60. The van der Waals surface area contributed by atoms with Crippen molar-refractivity contribution in [2.45, 2.75) is 0 Å². The lowest BCUT2D eigenvalue weighted by Gasteiger charge is -1.95. The van der Waals surface area contributed by atoms with Crippen LogP contribution in [0, 0.1) is 0 Å². The highest BCUT2D eigenvalue weighted by atomic mass is 16.1. The van der Waals surface area contributed by atoms with E-state index in [1.54, 1.807) is 12.1 Å². The SMILES string of the molecule is NC(=O)c1nnc2ccccc2n1. The predicted octanol–water partition coefficient (Wildman–Crippen LogP) is 0.124. The van der Waals surface area contributed by atoms with Crippen LogP contribution in [0.3, 0.4) is 0 Å². The average Bonchev–Trinajstić information content (AvgIpc) is 2.17. The summed E-state index contributed by atoms with van der Waals surface area (Å²) >= 11 is 0. The number of fused-ring (bicyclic) bond motifs is 1. The van der Waals surface area contributed by atoms with Gasteiger partial charge in [0, 0.05) is 0 Å². The molecule has 2 aromatic rings. The summed E-state index contributed by atoms with van der Waals surface area (Å²) in [5.41, 5.74) is 6.26. The number of hydrogen-bond donors (Lipinski definition) is 1. The molecule has 1 amide bonds. The fourth-order valence-corrected chi connectivity index (χ4v) is 0.985. The Kier molecular flexibility index (Phi) is 1.63. The summed E-state index contributed by atoms with van der Waals surface area (Å²) in [4.78, 5) is 14.6. The van der Waals surface area contributed by atoms with Crippen molar-refractivity contribution >= 4 is 16.9 Å². The van der Waals surface area contributed by atoms with E-state index >= 15 is 0 Å². The van der Waals surface area contributed by atoms with Crippen LogP contribution in [0.4, 0.5) is 0 Å². The summed E-state index contributed by atoms with van der Waals surface area (Å²) in [6.07, 6.45) is 0. The minimum absolute atomic E-state index is 0.0568. The van der Waals surface area contributed by atoms with E-state index in [0.29, 0.717) is 11.0 Å². The van der Waals surface area contributed by atoms with Crippen molar-refractivity contribution in [3.05, 3.63) is 30.1 Å². The monoisotopic (exact) mass is 174 g/mol. The normalized spacial score (nSPS) is 10.2. The molecule has 0 fully saturated rings. The molecule has 13 heavy (non-hydrogen) atoms. The second-order valence-electron chi connectivity index (χ2n) is 2.49. The van der Waals surface area contributed by atoms with Crippen LogP contribution in [0.5, 0.6) is 0 Å². The number of para-hydroxylation sites is 1. The summed E-state index contributed by atoms with van der Waals surface area (Å²) in [5, 5.41) is 7.36. The zero-order valence-electron chi connectivity index (χ0n) is 6.64. The molecule has 0 atom stereocenters. The Hall–Kier alpha value is -2.04. The molecule has 64 valence electrons. The van der Waals surface area contributed by atoms with Crippen LogP contribution in [0.25, 0.3) is 11.0 Å². The van der Waals surface area contributed by atoms with E-state index in [4.69, 9.17) is 5.73 Å². The molecule has 2 rings (SSSR count). The van der Waals surface area contributed by atoms with E-state index in [1.807, 2.05) is 12.1 Å². The van der Waals surface area contributed by atoms with Gasteiger partial charge in [0.1, 0.15) is 5.52 Å². The fourth-order valence-electron chi connectivity index (χ4n) is 0.985. The number of carbonyl (C=O) groups excluding carboxylic acids is 1. The van der Waals surface area contributed by atoms with Gasteiger partial charge in [-0.15, -0.1) is 10.2 Å². The first-order chi connectivity index (χ1) is 6.27. The quantitative estimate of drug-likeness (QED) is 0.665. The topological polar surface area (TPSA) is 81.8 Å². The Morgan fingerprint density at radius 1 is 1.15 bits per heavy atom. The average molecular weight is 174 g/mol. The van der Waals surface area contributed by atoms with Crippen molar-refractivity contribution in [1.29, 1.82) is 0 Å². The van der Waals surface area contributed by atoms with E-state index in [-0.39, 0.29) is 5.82 Å². The largest absolute Gasteiger partial charge is 0.363 e. The third kappa shape index (κ3) is 1.31. The lowest BCUT2D eigenvalue weighted by molar-refractivity contribution is 0.0989. The van der Waals surface area contributed by atoms with Gasteiger partial charge in [-0.1, -0.05) is 12.1 Å². The Morgan fingerprint density at radius 2 is 1.85 bits per heavy atom. The molecule has 0 saturated carbocycles. The third-order valence-electron chi connectivity index (χ3n) is 1.58. The number of carbonyl (C=O) groups is 1. The van der Waals surface area contributed by atoms with Crippen LogP contribution in [0.1, 0.15) is 10.6 Å². The number of hydrogen-bond acceptors (Lipinski definition) is 4. The van der Waals surface area contributed by atoms with Crippen molar-refractivity contribution in [2.75, 3.05) is 0 Å². The summed E-state index contributed by atoms with van der Waals surface area (Å²) in [7, 11) is 0. The second kappa shape index (κ2) is 2.78. The molecule has 0 bridgehead atoms. The molecule has 0 spiro atoms. The molecule has 5 heteroatoms. The van der Waals surface area contributed by atoms with Gasteiger partial charge in [-0.25, -0.2) is 4.98 Å². The number of nitrogens with two attached hydrogens (primary N) is 1. The van der Waals surface area contributed by atoms with Gasteiger partial charge in [0.15, 0.2) is 0 Å². The molecule has 0 aliphatic carbocycles. The van der Waals surface area contributed by atoms with Gasteiger partial charge in [-0.05, 0) is 12.1 Å². The molecular formula is C8H6N4O. The van der Waals surface area contributed by atoms with Crippen LogP contribution in [-0.4, -0.2) is 21.1 Å². The molecule has 1 aromatic heterocycles. The van der Waals surface area contributed by atoms with Crippen LogP contribution in [0.15, 0.2) is 24.3 Å². The molecule has 5 nitrogen and oxygen atoms in total. The van der Waals surface area contributed by atoms with Crippen molar-refractivity contribution < 1.29 is 4.79 Å². The summed E-state index contributed by atoms with van der Waals surface area (Å²) in [6, 6.07) is 7.14. The van der Waals surface area contributed by atoms with Gasteiger partial charge in [-0.2, -0.15) is 0 Å². The van der Waals surface area contributed by atoms with Crippen LogP contribution in [0.2, 0.25) is 0 Å². The van der Waals surface area contributed by atoms with Gasteiger partial charge in [0.05, 0.1) is 5.52 Å². The first-order valence-electron chi connectivity index (χ1n) is 3.66. The lowest BCUT2D eigenvalue weighted by atomic mass is 10.3. The number of rotatable bonds is 1. The smallest absolute Gasteiger partial charge is 0.288 e. The number of amides is 1.